The number of hydrogen-bond donors (Lipinski definition) is 1. The van der Waals surface area contributed by atoms with E-state index in [4.69, 9.17) is 9.47 Å². The van der Waals surface area contributed by atoms with Crippen molar-refractivity contribution in [1.29, 1.82) is 5.26 Å². The molecule has 35 heavy (non-hydrogen) atoms. The predicted molar refractivity (Wildman–Crippen MR) is 142 cm³/mol. The molecule has 0 atom stereocenters. The number of allylic oxidation sites excluding steroid dienone is 1. The molecule has 3 rings (SSSR count). The first-order valence-electron chi connectivity index (χ1n) is 11.1. The van der Waals surface area contributed by atoms with Crippen molar-refractivity contribution in [3.05, 3.63) is 111 Å². The van der Waals surface area contributed by atoms with Crippen LogP contribution in [0.25, 0.3) is 6.08 Å². The third-order valence-electron chi connectivity index (χ3n) is 5.30. The monoisotopic (exact) mass is 530 g/mol. The van der Waals surface area contributed by atoms with Crippen LogP contribution in [-0.2, 0) is 24.4 Å². The normalized spacial score (nSPS) is 10.9. The summed E-state index contributed by atoms with van der Waals surface area (Å²) in [5.74, 6) is 1.01. The Morgan fingerprint density at radius 3 is 2.43 bits per heavy atom. The molecule has 178 valence electrons. The molecule has 0 saturated heterocycles. The van der Waals surface area contributed by atoms with Crippen molar-refractivity contribution in [2.24, 2.45) is 0 Å². The van der Waals surface area contributed by atoms with E-state index in [2.05, 4.69) is 40.0 Å². The molecule has 0 saturated carbocycles. The van der Waals surface area contributed by atoms with E-state index in [0.717, 1.165) is 26.9 Å². The van der Waals surface area contributed by atoms with Gasteiger partial charge < -0.3 is 14.8 Å². The summed E-state index contributed by atoms with van der Waals surface area (Å²) in [7, 11) is 1.60. The predicted octanol–water partition coefficient (Wildman–Crippen LogP) is 6.30. The molecule has 0 aliphatic rings. The molecule has 0 unspecified atom stereocenters. The Hall–Kier alpha value is -3.82. The van der Waals surface area contributed by atoms with E-state index >= 15 is 0 Å². The summed E-state index contributed by atoms with van der Waals surface area (Å²) >= 11 is 3.59. The van der Waals surface area contributed by atoms with E-state index in [0.29, 0.717) is 30.9 Å². The fraction of sp³-hybridized carbons (Fsp3) is 0.172. The highest BCUT2D eigenvalue weighted by Gasteiger charge is 2.13. The number of halogens is 1. The van der Waals surface area contributed by atoms with Gasteiger partial charge in [-0.15, -0.1) is 6.58 Å². The highest BCUT2D eigenvalue weighted by Crippen LogP contribution is 2.33. The zero-order chi connectivity index (χ0) is 25.2. The van der Waals surface area contributed by atoms with Gasteiger partial charge in [-0.25, -0.2) is 0 Å². The molecule has 0 radical (unpaired) electrons. The minimum atomic E-state index is -0.440. The number of hydrogen-bond acceptors (Lipinski definition) is 4. The molecule has 6 heteroatoms. The molecule has 0 aliphatic carbocycles. The van der Waals surface area contributed by atoms with Gasteiger partial charge in [-0.2, -0.15) is 5.26 Å². The maximum Gasteiger partial charge on any atom is 0.262 e. The van der Waals surface area contributed by atoms with E-state index < -0.39 is 5.91 Å². The van der Waals surface area contributed by atoms with Gasteiger partial charge in [-0.3, -0.25) is 4.79 Å². The van der Waals surface area contributed by atoms with Crippen molar-refractivity contribution in [3.8, 4) is 17.6 Å². The average molecular weight is 531 g/mol. The van der Waals surface area contributed by atoms with Gasteiger partial charge in [-0.05, 0) is 81.9 Å². The summed E-state index contributed by atoms with van der Waals surface area (Å²) in [6.07, 6.45) is 3.94. The zero-order valence-corrected chi connectivity index (χ0v) is 21.4. The Balaban J connectivity index is 1.76. The van der Waals surface area contributed by atoms with Crippen LogP contribution in [0.2, 0.25) is 0 Å². The standard InChI is InChI=1S/C29H27BrN2O3/c1-4-5-24-14-23(16-27(30)28(24)35-19-22-8-6-20(2)7-9-22)15-25(17-31)29(33)32-18-21-10-12-26(34-3)13-11-21/h4,6-16H,1,5,18-19H2,2-3H3,(H,32,33)/b25-15-. The summed E-state index contributed by atoms with van der Waals surface area (Å²) in [5, 5.41) is 12.4. The van der Waals surface area contributed by atoms with Crippen LogP contribution in [0.1, 0.15) is 27.8 Å². The van der Waals surface area contributed by atoms with Gasteiger partial charge in [0.05, 0.1) is 11.6 Å². The van der Waals surface area contributed by atoms with Crippen molar-refractivity contribution < 1.29 is 14.3 Å². The van der Waals surface area contributed by atoms with Crippen LogP contribution in [0.5, 0.6) is 11.5 Å². The number of methoxy groups -OCH3 is 1. The molecule has 0 spiro atoms. The summed E-state index contributed by atoms with van der Waals surface area (Å²) in [4.78, 5) is 12.6. The van der Waals surface area contributed by atoms with Crippen molar-refractivity contribution >= 4 is 27.9 Å². The molecule has 0 aliphatic heterocycles. The van der Waals surface area contributed by atoms with Gasteiger partial charge in [0.15, 0.2) is 0 Å². The molecule has 0 fully saturated rings. The lowest BCUT2D eigenvalue weighted by Gasteiger charge is -2.14. The van der Waals surface area contributed by atoms with Gasteiger partial charge >= 0.3 is 0 Å². The number of carbonyl (C=O) groups is 1. The number of nitrogens with one attached hydrogen (secondary N) is 1. The molecule has 5 nitrogen and oxygen atoms in total. The number of aryl methyl sites for hydroxylation is 1. The lowest BCUT2D eigenvalue weighted by Crippen LogP contribution is -2.23. The van der Waals surface area contributed by atoms with Crippen LogP contribution in [-0.4, -0.2) is 13.0 Å². The number of nitriles is 1. The van der Waals surface area contributed by atoms with Gasteiger partial charge in [0.25, 0.3) is 5.91 Å². The first-order valence-corrected chi connectivity index (χ1v) is 11.9. The summed E-state index contributed by atoms with van der Waals surface area (Å²) in [6, 6.07) is 21.3. The number of rotatable bonds is 10. The van der Waals surface area contributed by atoms with Gasteiger partial charge in [0.1, 0.15) is 29.7 Å². The summed E-state index contributed by atoms with van der Waals surface area (Å²) in [6.45, 7) is 6.62. The van der Waals surface area contributed by atoms with Gasteiger partial charge in [0, 0.05) is 6.54 Å². The number of nitrogens with zero attached hydrogens (tertiary/aromatic N) is 1. The van der Waals surface area contributed by atoms with Crippen LogP contribution >= 0.6 is 15.9 Å². The number of benzene rings is 3. The Bertz CT molecular complexity index is 1260. The molecule has 0 aromatic heterocycles. The van der Waals surface area contributed by atoms with Crippen molar-refractivity contribution in [2.75, 3.05) is 7.11 Å². The second-order valence-corrected chi connectivity index (χ2v) is 8.81. The lowest BCUT2D eigenvalue weighted by molar-refractivity contribution is -0.117. The number of carbonyl (C=O) groups excluding carboxylic acids is 1. The van der Waals surface area contributed by atoms with Gasteiger partial charge in [0.2, 0.25) is 0 Å². The van der Waals surface area contributed by atoms with E-state index in [1.54, 1.807) is 19.3 Å². The van der Waals surface area contributed by atoms with Gasteiger partial charge in [-0.1, -0.05) is 48.0 Å². The highest BCUT2D eigenvalue weighted by molar-refractivity contribution is 9.10. The molecule has 3 aromatic carbocycles. The molecule has 0 bridgehead atoms. The minimum Gasteiger partial charge on any atom is -0.497 e. The molecule has 1 N–H and O–H groups in total. The average Bonchev–Trinajstić information content (AvgIpc) is 2.87. The number of amides is 1. The first kappa shape index (κ1) is 25.8. The second-order valence-electron chi connectivity index (χ2n) is 7.96. The topological polar surface area (TPSA) is 71.4 Å². The van der Waals surface area contributed by atoms with Crippen LogP contribution in [0.3, 0.4) is 0 Å². The van der Waals surface area contributed by atoms with Crippen LogP contribution in [0.4, 0.5) is 0 Å². The molecule has 1 amide bonds. The molecule has 3 aromatic rings. The quantitative estimate of drug-likeness (QED) is 0.190. The summed E-state index contributed by atoms with van der Waals surface area (Å²) in [5.41, 5.74) is 4.80. The fourth-order valence-corrected chi connectivity index (χ4v) is 4.04. The molecular formula is C29H27BrN2O3. The van der Waals surface area contributed by atoms with Crippen molar-refractivity contribution in [2.45, 2.75) is 26.5 Å². The van der Waals surface area contributed by atoms with Crippen LogP contribution < -0.4 is 14.8 Å². The third-order valence-corrected chi connectivity index (χ3v) is 5.89. The van der Waals surface area contributed by atoms with Crippen molar-refractivity contribution in [1.82, 2.24) is 5.32 Å². The summed E-state index contributed by atoms with van der Waals surface area (Å²) < 4.78 is 12.0. The largest absolute Gasteiger partial charge is 0.497 e. The Kier molecular flexibility index (Phi) is 9.28. The second kappa shape index (κ2) is 12.6. The van der Waals surface area contributed by atoms with Crippen LogP contribution in [0.15, 0.2) is 83.4 Å². The minimum absolute atomic E-state index is 0.0169. The highest BCUT2D eigenvalue weighted by atomic mass is 79.9. The lowest BCUT2D eigenvalue weighted by atomic mass is 10.0. The fourth-order valence-electron chi connectivity index (χ4n) is 3.40. The third kappa shape index (κ3) is 7.33. The Morgan fingerprint density at radius 2 is 1.80 bits per heavy atom. The van der Waals surface area contributed by atoms with E-state index in [1.807, 2.05) is 61.5 Å². The molecular weight excluding hydrogens is 504 g/mol. The van der Waals surface area contributed by atoms with E-state index in [9.17, 15) is 10.1 Å². The smallest absolute Gasteiger partial charge is 0.262 e. The maximum atomic E-state index is 12.6. The first-order chi connectivity index (χ1) is 16.9. The Morgan fingerprint density at radius 1 is 1.11 bits per heavy atom. The zero-order valence-electron chi connectivity index (χ0n) is 19.8. The van der Waals surface area contributed by atoms with Crippen molar-refractivity contribution in [3.63, 3.8) is 0 Å². The van der Waals surface area contributed by atoms with E-state index in [-0.39, 0.29) is 5.57 Å². The number of ether oxygens (including phenoxy) is 2. The SMILES string of the molecule is C=CCc1cc(/C=C(/C#N)C(=O)NCc2ccc(OC)cc2)cc(Br)c1OCc1ccc(C)cc1. The Labute approximate surface area is 214 Å². The molecule has 0 heterocycles. The van der Waals surface area contributed by atoms with E-state index in [1.165, 1.54) is 5.56 Å². The van der Waals surface area contributed by atoms with Crippen LogP contribution in [0, 0.1) is 18.3 Å². The maximum absolute atomic E-state index is 12.6.